The van der Waals surface area contributed by atoms with Crippen LogP contribution in [-0.2, 0) is 9.59 Å². The average Bonchev–Trinajstić information content (AvgIpc) is 3.18. The van der Waals surface area contributed by atoms with E-state index in [1.165, 1.54) is 0 Å². The number of carbonyl (C=O) groups excluding carboxylic acids is 2. The highest BCUT2D eigenvalue weighted by Gasteiger charge is 2.57. The van der Waals surface area contributed by atoms with Gasteiger partial charge in [-0.05, 0) is 37.8 Å². The van der Waals surface area contributed by atoms with Crippen molar-refractivity contribution in [3.8, 4) is 5.75 Å². The number of ether oxygens (including phenoxy) is 1. The Morgan fingerprint density at radius 3 is 2.96 bits per heavy atom. The number of nitrogens with one attached hydrogen (secondary N) is 1. The van der Waals surface area contributed by atoms with E-state index in [1.807, 2.05) is 6.07 Å². The lowest BCUT2D eigenvalue weighted by atomic mass is 9.77. The summed E-state index contributed by atoms with van der Waals surface area (Å²) < 4.78 is 20.3. The summed E-state index contributed by atoms with van der Waals surface area (Å²) in [6.45, 7) is 1.60. The number of halogens is 1. The fraction of sp³-hybridized carbons (Fsp3) is 0.611. The van der Waals surface area contributed by atoms with Gasteiger partial charge in [0.25, 0.3) is 5.91 Å². The fourth-order valence-electron chi connectivity index (χ4n) is 4.13. The zero-order chi connectivity index (χ0) is 17.5. The molecule has 1 aromatic rings. The van der Waals surface area contributed by atoms with Crippen molar-refractivity contribution in [2.75, 3.05) is 26.2 Å². The van der Waals surface area contributed by atoms with Crippen LogP contribution in [0.3, 0.4) is 0 Å². The van der Waals surface area contributed by atoms with Crippen molar-refractivity contribution in [3.63, 3.8) is 0 Å². The molecule has 25 heavy (non-hydrogen) atoms. The lowest BCUT2D eigenvalue weighted by molar-refractivity contribution is -0.149. The summed E-state index contributed by atoms with van der Waals surface area (Å²) in [5, 5.41) is 2.90. The summed E-state index contributed by atoms with van der Waals surface area (Å²) >= 11 is 0. The molecule has 2 saturated heterocycles. The lowest BCUT2D eigenvalue weighted by Crippen LogP contribution is -2.51. The van der Waals surface area contributed by atoms with Crippen molar-refractivity contribution in [1.29, 1.82) is 0 Å². The van der Waals surface area contributed by atoms with Gasteiger partial charge in [0.15, 0.2) is 5.67 Å². The third kappa shape index (κ3) is 2.65. The Kier molecular flexibility index (Phi) is 3.89. The molecule has 0 radical (unpaired) electrons. The highest BCUT2D eigenvalue weighted by molar-refractivity contribution is 5.90. The van der Waals surface area contributed by atoms with E-state index >= 15 is 0 Å². The van der Waals surface area contributed by atoms with E-state index in [4.69, 9.17) is 4.74 Å². The van der Waals surface area contributed by atoms with Crippen LogP contribution < -0.4 is 10.1 Å². The van der Waals surface area contributed by atoms with E-state index in [0.717, 1.165) is 6.42 Å². The van der Waals surface area contributed by atoms with Crippen molar-refractivity contribution in [2.45, 2.75) is 31.4 Å². The first kappa shape index (κ1) is 16.3. The lowest BCUT2D eigenvalue weighted by Gasteiger charge is -2.36. The van der Waals surface area contributed by atoms with Crippen LogP contribution in [-0.4, -0.2) is 53.6 Å². The normalized spacial score (nSPS) is 30.2. The molecule has 4 rings (SSSR count). The molecular weight excluding hydrogens is 325 g/mol. The first-order chi connectivity index (χ1) is 12.0. The smallest absolute Gasteiger partial charge is 0.260 e. The number of carbonyl (C=O) groups is 2. The average molecular weight is 347 g/mol. The molecular formula is C18H22FN3O3. The Labute approximate surface area is 145 Å². The maximum Gasteiger partial charge on any atom is 0.260 e. The first-order valence-corrected chi connectivity index (χ1v) is 8.83. The number of amides is 2. The van der Waals surface area contributed by atoms with Crippen LogP contribution in [0.5, 0.6) is 5.75 Å². The molecule has 2 amide bonds. The molecule has 0 unspecified atom stereocenters. The number of aromatic nitrogens is 1. The SMILES string of the molecule is O=C(N1CC[C@]2(C1)C(=O)NC[C@@H]2COc1cccnc1)C1(F)CCC1. The van der Waals surface area contributed by atoms with Gasteiger partial charge in [-0.2, -0.15) is 0 Å². The van der Waals surface area contributed by atoms with Gasteiger partial charge in [-0.3, -0.25) is 14.6 Å². The summed E-state index contributed by atoms with van der Waals surface area (Å²) in [6.07, 6.45) is 5.21. The molecule has 1 N–H and O–H groups in total. The molecule has 3 aliphatic rings. The zero-order valence-corrected chi connectivity index (χ0v) is 14.0. The van der Waals surface area contributed by atoms with Gasteiger partial charge in [0.1, 0.15) is 5.75 Å². The van der Waals surface area contributed by atoms with Gasteiger partial charge in [-0.1, -0.05) is 0 Å². The Bertz CT molecular complexity index is 679. The summed E-state index contributed by atoms with van der Waals surface area (Å²) in [5.41, 5.74) is -2.37. The van der Waals surface area contributed by atoms with Crippen LogP contribution >= 0.6 is 0 Å². The highest BCUT2D eigenvalue weighted by atomic mass is 19.1. The minimum atomic E-state index is -1.71. The van der Waals surface area contributed by atoms with Crippen LogP contribution in [0.1, 0.15) is 25.7 Å². The van der Waals surface area contributed by atoms with Crippen molar-refractivity contribution in [1.82, 2.24) is 15.2 Å². The highest BCUT2D eigenvalue weighted by Crippen LogP contribution is 2.45. The van der Waals surface area contributed by atoms with Crippen LogP contribution in [0.2, 0.25) is 0 Å². The van der Waals surface area contributed by atoms with Gasteiger partial charge in [0.2, 0.25) is 5.91 Å². The summed E-state index contributed by atoms with van der Waals surface area (Å²) in [5.74, 6) is 0.112. The molecule has 3 fully saturated rings. The Morgan fingerprint density at radius 2 is 2.28 bits per heavy atom. The Hall–Kier alpha value is -2.18. The van der Waals surface area contributed by atoms with Gasteiger partial charge >= 0.3 is 0 Å². The molecule has 1 aliphatic carbocycles. The quantitative estimate of drug-likeness (QED) is 0.892. The van der Waals surface area contributed by atoms with Gasteiger partial charge in [0, 0.05) is 31.7 Å². The second-order valence-corrected chi connectivity index (χ2v) is 7.36. The van der Waals surface area contributed by atoms with Crippen molar-refractivity contribution < 1.29 is 18.7 Å². The molecule has 2 atom stereocenters. The number of hydrogen-bond acceptors (Lipinski definition) is 4. The topological polar surface area (TPSA) is 71.5 Å². The second kappa shape index (κ2) is 5.97. The Balaban J connectivity index is 1.45. The van der Waals surface area contributed by atoms with Crippen LogP contribution in [0.15, 0.2) is 24.5 Å². The van der Waals surface area contributed by atoms with E-state index in [0.29, 0.717) is 44.7 Å². The number of rotatable bonds is 4. The number of likely N-dealkylation sites (tertiary alicyclic amines) is 1. The van der Waals surface area contributed by atoms with Crippen LogP contribution in [0.25, 0.3) is 0 Å². The molecule has 134 valence electrons. The summed E-state index contributed by atoms with van der Waals surface area (Å²) in [4.78, 5) is 30.5. The van der Waals surface area contributed by atoms with Crippen molar-refractivity contribution >= 4 is 11.8 Å². The van der Waals surface area contributed by atoms with E-state index in [1.54, 1.807) is 23.4 Å². The number of alkyl halides is 1. The molecule has 2 aliphatic heterocycles. The third-order valence-corrected chi connectivity index (χ3v) is 5.95. The predicted octanol–water partition coefficient (Wildman–Crippen LogP) is 1.32. The molecule has 0 aromatic carbocycles. The van der Waals surface area contributed by atoms with Crippen LogP contribution in [0.4, 0.5) is 4.39 Å². The van der Waals surface area contributed by atoms with Crippen molar-refractivity contribution in [3.05, 3.63) is 24.5 Å². The molecule has 3 heterocycles. The Morgan fingerprint density at radius 1 is 1.44 bits per heavy atom. The molecule has 1 aromatic heterocycles. The molecule has 0 bridgehead atoms. The summed E-state index contributed by atoms with van der Waals surface area (Å²) in [6, 6.07) is 3.61. The largest absolute Gasteiger partial charge is 0.492 e. The van der Waals surface area contributed by atoms with E-state index < -0.39 is 17.0 Å². The van der Waals surface area contributed by atoms with Gasteiger partial charge < -0.3 is 15.0 Å². The first-order valence-electron chi connectivity index (χ1n) is 8.83. The third-order valence-electron chi connectivity index (χ3n) is 5.95. The van der Waals surface area contributed by atoms with E-state index in [9.17, 15) is 14.0 Å². The molecule has 1 saturated carbocycles. The predicted molar refractivity (Wildman–Crippen MR) is 87.6 cm³/mol. The van der Waals surface area contributed by atoms with Gasteiger partial charge in [-0.25, -0.2) is 4.39 Å². The monoisotopic (exact) mass is 347 g/mol. The standard InChI is InChI=1S/C18H22FN3O3/c19-18(4-2-5-18)16(24)22-8-6-17(12-22)13(9-21-15(17)23)11-25-14-3-1-7-20-10-14/h1,3,7,10,13H,2,4-6,8-9,11-12H2,(H,21,23)/t13-,17-/m1/s1. The maximum atomic E-state index is 14.5. The van der Waals surface area contributed by atoms with Crippen LogP contribution in [0, 0.1) is 11.3 Å². The minimum Gasteiger partial charge on any atom is -0.492 e. The maximum absolute atomic E-state index is 14.5. The minimum absolute atomic E-state index is 0.0463. The van der Waals surface area contributed by atoms with E-state index in [2.05, 4.69) is 10.3 Å². The number of nitrogens with zero attached hydrogens (tertiary/aromatic N) is 2. The number of hydrogen-bond donors (Lipinski definition) is 1. The second-order valence-electron chi connectivity index (χ2n) is 7.36. The zero-order valence-electron chi connectivity index (χ0n) is 14.0. The van der Waals surface area contributed by atoms with Gasteiger partial charge in [-0.15, -0.1) is 0 Å². The fourth-order valence-corrected chi connectivity index (χ4v) is 4.13. The van der Waals surface area contributed by atoms with Gasteiger partial charge in [0.05, 0.1) is 18.2 Å². The molecule has 7 heteroatoms. The summed E-state index contributed by atoms with van der Waals surface area (Å²) in [7, 11) is 0. The van der Waals surface area contributed by atoms with E-state index in [-0.39, 0.29) is 18.4 Å². The van der Waals surface area contributed by atoms with Crippen molar-refractivity contribution in [2.24, 2.45) is 11.3 Å². The number of pyridine rings is 1. The molecule has 6 nitrogen and oxygen atoms in total. The molecule has 1 spiro atoms.